The van der Waals surface area contributed by atoms with Crippen LogP contribution in [0.25, 0.3) is 0 Å². The molecule has 0 bridgehead atoms. The predicted molar refractivity (Wildman–Crippen MR) is 145 cm³/mol. The molecule has 7 nitrogen and oxygen atoms in total. The summed E-state index contributed by atoms with van der Waals surface area (Å²) in [4.78, 5) is 28.5. The van der Waals surface area contributed by atoms with Crippen molar-refractivity contribution in [3.63, 3.8) is 0 Å². The summed E-state index contributed by atoms with van der Waals surface area (Å²) in [6, 6.07) is 12.7. The van der Waals surface area contributed by atoms with E-state index in [1.165, 1.54) is 4.90 Å². The summed E-state index contributed by atoms with van der Waals surface area (Å²) in [7, 11) is -3.77. The topological polar surface area (TPSA) is 86.8 Å². The Morgan fingerprint density at radius 1 is 1.06 bits per heavy atom. The molecule has 1 atom stereocenters. The number of hydrogen-bond acceptors (Lipinski definition) is 4. The molecule has 1 fully saturated rings. The third-order valence-corrected chi connectivity index (χ3v) is 8.14. The van der Waals surface area contributed by atoms with Crippen molar-refractivity contribution in [1.82, 2.24) is 10.2 Å². The minimum Gasteiger partial charge on any atom is -0.352 e. The molecule has 1 aliphatic rings. The maximum absolute atomic E-state index is 13.7. The summed E-state index contributed by atoms with van der Waals surface area (Å²) in [5.41, 5.74) is 0.987. The van der Waals surface area contributed by atoms with Crippen LogP contribution in [0.1, 0.15) is 51.0 Å². The first-order valence-electron chi connectivity index (χ1n) is 12.2. The van der Waals surface area contributed by atoms with Crippen LogP contribution in [0.2, 0.25) is 10.0 Å². The van der Waals surface area contributed by atoms with Gasteiger partial charge in [0.2, 0.25) is 21.8 Å². The van der Waals surface area contributed by atoms with Gasteiger partial charge in [0, 0.05) is 22.6 Å². The van der Waals surface area contributed by atoms with E-state index in [1.807, 2.05) is 6.92 Å². The molecule has 3 rings (SSSR count). The van der Waals surface area contributed by atoms with Gasteiger partial charge in [0.1, 0.15) is 12.6 Å². The monoisotopic (exact) mass is 553 g/mol. The lowest BCUT2D eigenvalue weighted by molar-refractivity contribution is -0.140. The fourth-order valence-electron chi connectivity index (χ4n) is 4.51. The predicted octanol–water partition coefficient (Wildman–Crippen LogP) is 5.02. The van der Waals surface area contributed by atoms with E-state index < -0.39 is 28.5 Å². The van der Waals surface area contributed by atoms with E-state index in [1.54, 1.807) is 48.5 Å². The summed E-state index contributed by atoms with van der Waals surface area (Å²) in [5, 5.41) is 3.93. The van der Waals surface area contributed by atoms with Gasteiger partial charge in [0.15, 0.2) is 0 Å². The van der Waals surface area contributed by atoms with Gasteiger partial charge < -0.3 is 10.2 Å². The van der Waals surface area contributed by atoms with Crippen molar-refractivity contribution < 1.29 is 18.0 Å². The minimum absolute atomic E-state index is 0.0395. The second-order valence-corrected chi connectivity index (χ2v) is 11.9. The van der Waals surface area contributed by atoms with Gasteiger partial charge in [0.25, 0.3) is 0 Å². The van der Waals surface area contributed by atoms with Crippen molar-refractivity contribution in [3.05, 3.63) is 64.1 Å². The van der Waals surface area contributed by atoms with Gasteiger partial charge in [0.05, 0.1) is 11.9 Å². The van der Waals surface area contributed by atoms with Gasteiger partial charge in [-0.2, -0.15) is 0 Å². The van der Waals surface area contributed by atoms with Crippen LogP contribution in [-0.4, -0.2) is 50.0 Å². The first-order chi connectivity index (χ1) is 17.1. The minimum atomic E-state index is -3.77. The van der Waals surface area contributed by atoms with Crippen molar-refractivity contribution in [2.24, 2.45) is 0 Å². The second-order valence-electron chi connectivity index (χ2n) is 9.13. The number of para-hydroxylation sites is 1. The molecule has 2 aromatic rings. The fraction of sp³-hybridized carbons (Fsp3) is 0.462. The molecule has 196 valence electrons. The molecule has 1 saturated carbocycles. The molecular weight excluding hydrogens is 521 g/mol. The molecule has 0 unspecified atom stereocenters. The van der Waals surface area contributed by atoms with Gasteiger partial charge in [-0.05, 0) is 49.1 Å². The Labute approximate surface area is 223 Å². The van der Waals surface area contributed by atoms with E-state index in [4.69, 9.17) is 23.2 Å². The molecule has 0 saturated heterocycles. The third kappa shape index (κ3) is 7.60. The number of nitrogens with zero attached hydrogens (tertiary/aromatic N) is 2. The molecule has 0 aliphatic heterocycles. The zero-order chi connectivity index (χ0) is 26.3. The summed E-state index contributed by atoms with van der Waals surface area (Å²) in [5.74, 6) is -0.741. The third-order valence-electron chi connectivity index (χ3n) is 6.42. The number of carbonyl (C=O) groups is 2. The molecule has 0 radical (unpaired) electrons. The number of carbonyl (C=O) groups excluding carboxylic acids is 2. The van der Waals surface area contributed by atoms with Crippen LogP contribution in [0.3, 0.4) is 0 Å². The summed E-state index contributed by atoms with van der Waals surface area (Å²) in [6.45, 7) is 1.43. The van der Waals surface area contributed by atoms with Crippen LogP contribution < -0.4 is 9.62 Å². The number of halogens is 2. The van der Waals surface area contributed by atoms with E-state index in [0.717, 1.165) is 42.7 Å². The molecule has 36 heavy (non-hydrogen) atoms. The highest BCUT2D eigenvalue weighted by molar-refractivity contribution is 7.92. The zero-order valence-electron chi connectivity index (χ0n) is 20.6. The number of sulfonamides is 1. The van der Waals surface area contributed by atoms with Crippen LogP contribution >= 0.6 is 23.2 Å². The van der Waals surface area contributed by atoms with E-state index in [0.29, 0.717) is 27.7 Å². The van der Waals surface area contributed by atoms with Gasteiger partial charge >= 0.3 is 0 Å². The number of anilines is 1. The Kier molecular flexibility index (Phi) is 10.0. The van der Waals surface area contributed by atoms with Crippen molar-refractivity contribution in [2.75, 3.05) is 17.1 Å². The lowest BCUT2D eigenvalue weighted by atomic mass is 9.95. The van der Waals surface area contributed by atoms with Crippen LogP contribution in [0.5, 0.6) is 0 Å². The first kappa shape index (κ1) is 28.3. The molecular formula is C26H33Cl2N3O4S. The van der Waals surface area contributed by atoms with Crippen LogP contribution in [0, 0.1) is 0 Å². The molecule has 0 spiro atoms. The van der Waals surface area contributed by atoms with Gasteiger partial charge in [-0.3, -0.25) is 13.9 Å². The summed E-state index contributed by atoms with van der Waals surface area (Å²) >= 11 is 12.5. The molecule has 0 aromatic heterocycles. The Balaban J connectivity index is 1.92. The number of benzene rings is 2. The van der Waals surface area contributed by atoms with Gasteiger partial charge in [-0.15, -0.1) is 0 Å². The van der Waals surface area contributed by atoms with E-state index in [-0.39, 0.29) is 18.5 Å². The molecule has 1 aliphatic carbocycles. The quantitative estimate of drug-likeness (QED) is 0.447. The van der Waals surface area contributed by atoms with Crippen LogP contribution in [-0.2, 0) is 26.2 Å². The van der Waals surface area contributed by atoms with Crippen molar-refractivity contribution in [1.29, 1.82) is 0 Å². The maximum atomic E-state index is 13.7. The maximum Gasteiger partial charge on any atom is 0.244 e. The zero-order valence-corrected chi connectivity index (χ0v) is 23.0. The van der Waals surface area contributed by atoms with Crippen molar-refractivity contribution in [3.8, 4) is 0 Å². The highest BCUT2D eigenvalue weighted by Gasteiger charge is 2.33. The average molecular weight is 555 g/mol. The first-order valence-corrected chi connectivity index (χ1v) is 14.8. The van der Waals surface area contributed by atoms with Crippen molar-refractivity contribution in [2.45, 2.75) is 64.1 Å². The summed E-state index contributed by atoms with van der Waals surface area (Å²) in [6.07, 6.45) is 6.52. The van der Waals surface area contributed by atoms with E-state index >= 15 is 0 Å². The molecule has 1 N–H and O–H groups in total. The Morgan fingerprint density at radius 3 is 2.31 bits per heavy atom. The Hall–Kier alpha value is -2.29. The lowest BCUT2D eigenvalue weighted by Gasteiger charge is -2.34. The van der Waals surface area contributed by atoms with E-state index in [9.17, 15) is 18.0 Å². The molecule has 2 amide bonds. The van der Waals surface area contributed by atoms with Crippen molar-refractivity contribution >= 4 is 50.7 Å². The standard InChI is InChI=1S/C26H33Cl2N3O4S/c1-3-24(26(33)29-21-10-6-4-7-11-21)30(17-19-14-15-20(27)16-23(19)28)25(32)18-31(36(2,34)35)22-12-8-5-9-13-22/h5,8-9,12-16,21,24H,3-4,6-7,10-11,17-18H2,1-2H3,(H,29,33)/t24-/m1/s1. The number of nitrogens with one attached hydrogen (secondary N) is 1. The Morgan fingerprint density at radius 2 is 1.72 bits per heavy atom. The van der Waals surface area contributed by atoms with Crippen LogP contribution in [0.15, 0.2) is 48.5 Å². The Bertz CT molecular complexity index is 1160. The molecule has 2 aromatic carbocycles. The number of amides is 2. The average Bonchev–Trinajstić information content (AvgIpc) is 2.84. The van der Waals surface area contributed by atoms with E-state index in [2.05, 4.69) is 5.32 Å². The SMILES string of the molecule is CC[C@H](C(=O)NC1CCCCC1)N(Cc1ccc(Cl)cc1Cl)C(=O)CN(c1ccccc1)S(C)(=O)=O. The van der Waals surface area contributed by atoms with Gasteiger partial charge in [-0.25, -0.2) is 8.42 Å². The molecule has 0 heterocycles. The lowest BCUT2D eigenvalue weighted by Crippen LogP contribution is -2.54. The largest absolute Gasteiger partial charge is 0.352 e. The second kappa shape index (κ2) is 12.8. The fourth-order valence-corrected chi connectivity index (χ4v) is 5.82. The van der Waals surface area contributed by atoms with Gasteiger partial charge in [-0.1, -0.05) is 73.7 Å². The smallest absolute Gasteiger partial charge is 0.244 e. The summed E-state index contributed by atoms with van der Waals surface area (Å²) < 4.78 is 26.3. The van der Waals surface area contributed by atoms with Crippen LogP contribution in [0.4, 0.5) is 5.69 Å². The number of rotatable bonds is 10. The molecule has 10 heteroatoms. The highest BCUT2D eigenvalue weighted by Crippen LogP contribution is 2.25. The highest BCUT2D eigenvalue weighted by atomic mass is 35.5. The normalized spacial score (nSPS) is 15.2. The number of hydrogen-bond donors (Lipinski definition) is 1.